The van der Waals surface area contributed by atoms with Gasteiger partial charge in [0.25, 0.3) is 0 Å². The summed E-state index contributed by atoms with van der Waals surface area (Å²) in [6.07, 6.45) is 9.78. The summed E-state index contributed by atoms with van der Waals surface area (Å²) in [4.78, 5) is 0. The molecule has 2 aliphatic carbocycles. The molecule has 2 aromatic heterocycles. The highest BCUT2D eigenvalue weighted by molar-refractivity contribution is 5.82. The molecule has 2 heterocycles. The molecule has 266 valence electrons. The normalized spacial score (nSPS) is 20.8. The predicted octanol–water partition coefficient (Wildman–Crippen LogP) is 11.9. The molecule has 0 radical (unpaired) electrons. The second-order valence-corrected chi connectivity index (χ2v) is 16.6. The van der Waals surface area contributed by atoms with E-state index in [4.69, 9.17) is 0 Å². The van der Waals surface area contributed by atoms with Crippen molar-refractivity contribution >= 4 is 21.8 Å². The zero-order valence-corrected chi connectivity index (χ0v) is 32.3. The molecule has 2 fully saturated rings. The average Bonchev–Trinajstić information content (AvgIpc) is 3.15. The summed E-state index contributed by atoms with van der Waals surface area (Å²) in [6, 6.07) is 31.2. The average molecular weight is 691 g/mol. The number of pyridine rings is 2. The topological polar surface area (TPSA) is 7.76 Å². The molecule has 4 aromatic carbocycles. The maximum Gasteiger partial charge on any atom is 0.213 e. The smallest absolute Gasteiger partial charge is 0.207 e. The Bertz CT molecular complexity index is 2320. The molecule has 0 spiro atoms. The van der Waals surface area contributed by atoms with E-state index in [9.17, 15) is 0 Å². The van der Waals surface area contributed by atoms with E-state index in [0.29, 0.717) is 11.8 Å². The number of fused-ring (bicyclic) bond motifs is 2. The minimum Gasteiger partial charge on any atom is -0.207 e. The van der Waals surface area contributed by atoms with Crippen LogP contribution in [0, 0.1) is 52.3 Å². The molecule has 0 unspecified atom stereocenters. The first-order valence-corrected chi connectivity index (χ1v) is 19.8. The van der Waals surface area contributed by atoms with Gasteiger partial charge in [0.1, 0.15) is 19.9 Å². The van der Waals surface area contributed by atoms with Crippen molar-refractivity contribution in [2.45, 2.75) is 97.8 Å². The minimum absolute atomic E-state index is 0.0315. The molecule has 0 N–H and O–H groups in total. The highest BCUT2D eigenvalue weighted by Crippen LogP contribution is 2.47. The van der Waals surface area contributed by atoms with E-state index < -0.39 is 0 Å². The van der Waals surface area contributed by atoms with E-state index in [0.717, 1.165) is 41.1 Å². The fraction of sp³-hybridized carbons (Fsp3) is 0.388. The number of rotatable bonds is 5. The summed E-state index contributed by atoms with van der Waals surface area (Å²) in [6.45, 7) is 11.0. The van der Waals surface area contributed by atoms with E-state index in [1.165, 1.54) is 105 Å². The second kappa shape index (κ2) is 13.9. The fourth-order valence-electron chi connectivity index (χ4n) is 10.2. The maximum absolute atomic E-state index is 15.7. The largest absolute Gasteiger partial charge is 0.213 e. The van der Waals surface area contributed by atoms with Gasteiger partial charge in [-0.15, -0.1) is 0 Å². The summed E-state index contributed by atoms with van der Waals surface area (Å²) in [5.41, 5.74) is 16.5. The van der Waals surface area contributed by atoms with Crippen molar-refractivity contribution in [2.24, 2.45) is 25.9 Å². The van der Waals surface area contributed by atoms with Gasteiger partial charge in [0.05, 0.1) is 5.39 Å². The summed E-state index contributed by atoms with van der Waals surface area (Å²) >= 11 is 0. The van der Waals surface area contributed by atoms with Gasteiger partial charge in [-0.05, 0) is 168 Å². The highest BCUT2D eigenvalue weighted by Gasteiger charge is 2.34. The number of hydrogen-bond donors (Lipinski definition) is 0. The molecule has 3 heteroatoms. The van der Waals surface area contributed by atoms with Gasteiger partial charge in [0, 0.05) is 46.3 Å². The van der Waals surface area contributed by atoms with Gasteiger partial charge < -0.3 is 0 Å². The lowest BCUT2D eigenvalue weighted by atomic mass is 9.67. The Morgan fingerprint density at radius 2 is 1.13 bits per heavy atom. The van der Waals surface area contributed by atoms with Crippen LogP contribution in [0.4, 0.5) is 4.39 Å². The second-order valence-electron chi connectivity index (χ2n) is 16.6. The van der Waals surface area contributed by atoms with Crippen molar-refractivity contribution in [3.05, 3.63) is 130 Å². The molecule has 2 nitrogen and oxygen atoms in total. The molecule has 0 amide bonds. The standard InChI is InChI=1S/C49H55FN2/c1-30-8-9-32(3)42(27-30)46-24-21-41-45(51(46)6)25-22-44(50)49(41)39-17-14-36(15-18-39)35-10-12-37(13-11-35)40-19-16-38-20-23-47(52(7)48(38)29-40)43-28-31(2)26-33(4)34(43)5/h8-9,16,19-29,35-37,39H,10-15,17-18H2,1-7H3/q+2. The molecule has 0 aliphatic heterocycles. The Morgan fingerprint density at radius 3 is 1.87 bits per heavy atom. The van der Waals surface area contributed by atoms with Crippen LogP contribution in [0.25, 0.3) is 44.3 Å². The van der Waals surface area contributed by atoms with Gasteiger partial charge in [-0.3, -0.25) is 0 Å². The lowest BCUT2D eigenvalue weighted by molar-refractivity contribution is -0.633. The van der Waals surface area contributed by atoms with Crippen molar-refractivity contribution in [3.8, 4) is 22.5 Å². The van der Waals surface area contributed by atoms with Crippen molar-refractivity contribution in [3.63, 3.8) is 0 Å². The van der Waals surface area contributed by atoms with Crippen LogP contribution in [0.3, 0.4) is 0 Å². The van der Waals surface area contributed by atoms with Crippen LogP contribution in [0.1, 0.15) is 102 Å². The van der Waals surface area contributed by atoms with E-state index in [1.807, 2.05) is 6.07 Å². The van der Waals surface area contributed by atoms with Crippen LogP contribution < -0.4 is 9.13 Å². The third kappa shape index (κ3) is 6.25. The molecule has 2 saturated carbocycles. The SMILES string of the molecule is Cc1ccc(C)c(-c2ccc3c(C4CCC(C5CCC(c6ccc7ccc(-c8cc(C)cc(C)c8C)[n+](C)c7c6)CC5)CC4)c(F)ccc3[n+]2C)c1. The van der Waals surface area contributed by atoms with Gasteiger partial charge in [0.15, 0.2) is 0 Å². The van der Waals surface area contributed by atoms with Gasteiger partial charge >= 0.3 is 0 Å². The first-order valence-electron chi connectivity index (χ1n) is 19.8. The van der Waals surface area contributed by atoms with E-state index in [1.54, 1.807) is 6.07 Å². The summed E-state index contributed by atoms with van der Waals surface area (Å²) < 4.78 is 20.4. The molecular weight excluding hydrogens is 636 g/mol. The first-order chi connectivity index (χ1) is 25.1. The Morgan fingerprint density at radius 1 is 0.519 bits per heavy atom. The number of aryl methyl sites for hydroxylation is 6. The molecule has 0 saturated heterocycles. The van der Waals surface area contributed by atoms with Crippen molar-refractivity contribution in [2.75, 3.05) is 0 Å². The number of nitrogens with zero attached hydrogens (tertiary/aromatic N) is 2. The third-order valence-corrected chi connectivity index (χ3v) is 13.4. The van der Waals surface area contributed by atoms with Crippen molar-refractivity contribution in [1.82, 2.24) is 0 Å². The molecule has 0 atom stereocenters. The van der Waals surface area contributed by atoms with Gasteiger partial charge in [0.2, 0.25) is 22.4 Å². The maximum atomic E-state index is 15.7. The number of benzene rings is 4. The molecule has 2 aliphatic rings. The molecular formula is C49H55FN2+2. The minimum atomic E-state index is -0.0315. The zero-order chi connectivity index (χ0) is 36.3. The summed E-state index contributed by atoms with van der Waals surface area (Å²) in [5.74, 6) is 2.44. The van der Waals surface area contributed by atoms with Crippen LogP contribution in [0.5, 0.6) is 0 Å². The number of hydrogen-bond acceptors (Lipinski definition) is 0. The Kier molecular flexibility index (Phi) is 9.26. The van der Waals surface area contributed by atoms with Gasteiger partial charge in [-0.1, -0.05) is 35.4 Å². The monoisotopic (exact) mass is 690 g/mol. The molecule has 52 heavy (non-hydrogen) atoms. The Labute approximate surface area is 310 Å². The predicted molar refractivity (Wildman–Crippen MR) is 214 cm³/mol. The van der Waals surface area contributed by atoms with E-state index >= 15 is 4.39 Å². The van der Waals surface area contributed by atoms with Crippen molar-refractivity contribution in [1.29, 1.82) is 0 Å². The highest BCUT2D eigenvalue weighted by atomic mass is 19.1. The first kappa shape index (κ1) is 34.7. The van der Waals surface area contributed by atoms with Crippen molar-refractivity contribution < 1.29 is 13.5 Å². The molecule has 6 aromatic rings. The van der Waals surface area contributed by atoms with Crippen LogP contribution in [0.2, 0.25) is 0 Å². The summed E-state index contributed by atoms with van der Waals surface area (Å²) in [5, 5.41) is 2.39. The van der Waals surface area contributed by atoms with Gasteiger partial charge in [-0.25, -0.2) is 4.39 Å². The van der Waals surface area contributed by atoms with Crippen LogP contribution in [0.15, 0.2) is 84.9 Å². The quantitative estimate of drug-likeness (QED) is 0.159. The lowest BCUT2D eigenvalue weighted by Crippen LogP contribution is -2.33. The lowest BCUT2D eigenvalue weighted by Gasteiger charge is -2.38. The molecule has 8 rings (SSSR count). The summed E-state index contributed by atoms with van der Waals surface area (Å²) in [7, 11) is 4.37. The zero-order valence-electron chi connectivity index (χ0n) is 32.3. The number of halogens is 1. The Hall–Kier alpha value is -4.37. The van der Waals surface area contributed by atoms with Crippen LogP contribution in [-0.4, -0.2) is 0 Å². The van der Waals surface area contributed by atoms with Crippen LogP contribution in [-0.2, 0) is 14.1 Å². The fourth-order valence-corrected chi connectivity index (χ4v) is 10.2. The third-order valence-electron chi connectivity index (χ3n) is 13.4. The number of aromatic nitrogens is 2. The van der Waals surface area contributed by atoms with Crippen LogP contribution >= 0.6 is 0 Å². The van der Waals surface area contributed by atoms with E-state index in [2.05, 4.69) is 131 Å². The van der Waals surface area contributed by atoms with E-state index in [-0.39, 0.29) is 5.82 Å². The van der Waals surface area contributed by atoms with Gasteiger partial charge in [-0.2, -0.15) is 9.13 Å². The molecule has 0 bridgehead atoms. The Balaban J connectivity index is 0.954.